The Balaban J connectivity index is 1.59. The molecule has 0 fully saturated rings. The zero-order valence-electron chi connectivity index (χ0n) is 17.3. The van der Waals surface area contributed by atoms with Crippen LogP contribution in [0.25, 0.3) is 0 Å². The lowest BCUT2D eigenvalue weighted by Crippen LogP contribution is -2.43. The molecular weight excluding hydrogens is 404 g/mol. The molecule has 2 aromatic rings. The highest BCUT2D eigenvalue weighted by molar-refractivity contribution is 7.88. The minimum absolute atomic E-state index is 0.0101. The average molecular weight is 431 g/mol. The maximum absolute atomic E-state index is 12.9. The summed E-state index contributed by atoms with van der Waals surface area (Å²) in [7, 11) is -3.23. The molecule has 1 aliphatic rings. The molecule has 1 aliphatic heterocycles. The van der Waals surface area contributed by atoms with E-state index in [9.17, 15) is 18.0 Å². The largest absolute Gasteiger partial charge is 0.449 e. The highest BCUT2D eigenvalue weighted by Crippen LogP contribution is 2.32. The van der Waals surface area contributed by atoms with Gasteiger partial charge in [0.25, 0.3) is 5.91 Å². The fourth-order valence-corrected chi connectivity index (χ4v) is 4.04. The molecule has 0 aromatic heterocycles. The number of esters is 1. The maximum Gasteiger partial charge on any atom is 0.338 e. The molecule has 1 N–H and O–H groups in total. The van der Waals surface area contributed by atoms with Crippen molar-refractivity contribution in [3.8, 4) is 0 Å². The molecule has 7 nitrogen and oxygen atoms in total. The Kier molecular flexibility index (Phi) is 6.58. The van der Waals surface area contributed by atoms with Gasteiger partial charge in [-0.05, 0) is 56.0 Å². The van der Waals surface area contributed by atoms with Crippen molar-refractivity contribution in [2.24, 2.45) is 0 Å². The third-order valence-corrected chi connectivity index (χ3v) is 5.77. The highest BCUT2D eigenvalue weighted by Gasteiger charge is 2.34. The van der Waals surface area contributed by atoms with Crippen LogP contribution in [0.1, 0.15) is 35.3 Å². The summed E-state index contributed by atoms with van der Waals surface area (Å²) >= 11 is 0. The van der Waals surface area contributed by atoms with E-state index in [-0.39, 0.29) is 18.5 Å². The first-order chi connectivity index (χ1) is 14.2. The van der Waals surface area contributed by atoms with Crippen LogP contribution in [-0.2, 0) is 32.4 Å². The van der Waals surface area contributed by atoms with Crippen molar-refractivity contribution in [2.75, 3.05) is 17.7 Å². The third-order valence-electron chi connectivity index (χ3n) is 5.04. The maximum atomic E-state index is 12.9. The number of para-hydroxylation sites is 1. The summed E-state index contributed by atoms with van der Waals surface area (Å²) < 4.78 is 30.0. The van der Waals surface area contributed by atoms with Crippen molar-refractivity contribution in [3.63, 3.8) is 0 Å². The Bertz CT molecular complexity index is 1030. The number of fused-ring (bicyclic) bond motifs is 1. The van der Waals surface area contributed by atoms with E-state index in [0.29, 0.717) is 12.0 Å². The van der Waals surface area contributed by atoms with Crippen LogP contribution in [0.3, 0.4) is 0 Å². The van der Waals surface area contributed by atoms with Gasteiger partial charge in [0.05, 0.1) is 11.8 Å². The van der Waals surface area contributed by atoms with Gasteiger partial charge in [0, 0.05) is 18.3 Å². The first-order valence-electron chi connectivity index (χ1n) is 9.81. The van der Waals surface area contributed by atoms with Crippen LogP contribution in [0.4, 0.5) is 5.69 Å². The fourth-order valence-electron chi connectivity index (χ4n) is 3.56. The number of sulfonamides is 1. The van der Waals surface area contributed by atoms with Gasteiger partial charge in [-0.25, -0.2) is 17.9 Å². The van der Waals surface area contributed by atoms with Gasteiger partial charge < -0.3 is 9.64 Å². The number of rotatable bonds is 7. The Morgan fingerprint density at radius 2 is 1.83 bits per heavy atom. The number of anilines is 1. The van der Waals surface area contributed by atoms with Gasteiger partial charge >= 0.3 is 5.97 Å². The molecule has 2 aromatic carbocycles. The number of hydrogen-bond donors (Lipinski definition) is 1. The van der Waals surface area contributed by atoms with E-state index in [2.05, 4.69) is 4.72 Å². The summed E-state index contributed by atoms with van der Waals surface area (Å²) in [4.78, 5) is 27.1. The third kappa shape index (κ3) is 5.25. The average Bonchev–Trinajstić information content (AvgIpc) is 3.02. The number of amides is 1. The summed E-state index contributed by atoms with van der Waals surface area (Å²) in [5.74, 6) is -0.818. The van der Waals surface area contributed by atoms with Gasteiger partial charge in [0.1, 0.15) is 0 Å². The second-order valence-electron chi connectivity index (χ2n) is 7.55. The van der Waals surface area contributed by atoms with Gasteiger partial charge in [-0.1, -0.05) is 30.3 Å². The van der Waals surface area contributed by atoms with Crippen molar-refractivity contribution < 1.29 is 22.7 Å². The fraction of sp³-hybridized carbons (Fsp3) is 0.364. The van der Waals surface area contributed by atoms with E-state index in [1.165, 1.54) is 0 Å². The van der Waals surface area contributed by atoms with Crippen molar-refractivity contribution >= 4 is 27.6 Å². The SMILES string of the molecule is C[C@H](OC(=O)c1ccc(CCNS(C)(=O)=O)cc1)C(=O)N1c2ccccc2C[C@@H]1C. The second kappa shape index (κ2) is 8.97. The summed E-state index contributed by atoms with van der Waals surface area (Å²) in [6, 6.07) is 14.5. The molecule has 0 unspecified atom stereocenters. The summed E-state index contributed by atoms with van der Waals surface area (Å²) in [6.45, 7) is 3.84. The quantitative estimate of drug-likeness (QED) is 0.681. The van der Waals surface area contributed by atoms with Gasteiger partial charge in [0.2, 0.25) is 10.0 Å². The lowest BCUT2D eigenvalue weighted by Gasteiger charge is -2.26. The van der Waals surface area contributed by atoms with Gasteiger partial charge in [-0.2, -0.15) is 0 Å². The zero-order valence-corrected chi connectivity index (χ0v) is 18.1. The smallest absolute Gasteiger partial charge is 0.338 e. The predicted octanol–water partition coefficient (Wildman–Crippen LogP) is 2.30. The molecule has 0 saturated heterocycles. The van der Waals surface area contributed by atoms with Crippen LogP contribution in [-0.4, -0.2) is 45.2 Å². The Morgan fingerprint density at radius 1 is 1.17 bits per heavy atom. The number of benzene rings is 2. The molecular formula is C22H26N2O5S. The summed E-state index contributed by atoms with van der Waals surface area (Å²) in [5.41, 5.74) is 3.20. The first-order valence-corrected chi connectivity index (χ1v) is 11.7. The number of ether oxygens (including phenoxy) is 1. The van der Waals surface area contributed by atoms with E-state index in [0.717, 1.165) is 29.5 Å². The topological polar surface area (TPSA) is 92.8 Å². The molecule has 0 radical (unpaired) electrons. The van der Waals surface area contributed by atoms with Gasteiger partial charge in [0.15, 0.2) is 6.10 Å². The Hall–Kier alpha value is -2.71. The lowest BCUT2D eigenvalue weighted by atomic mass is 10.1. The van der Waals surface area contributed by atoms with E-state index < -0.39 is 22.1 Å². The zero-order chi connectivity index (χ0) is 21.9. The predicted molar refractivity (Wildman–Crippen MR) is 115 cm³/mol. The van der Waals surface area contributed by atoms with Crippen LogP contribution in [0.5, 0.6) is 0 Å². The minimum atomic E-state index is -3.23. The lowest BCUT2D eigenvalue weighted by molar-refractivity contribution is -0.126. The molecule has 0 bridgehead atoms. The summed E-state index contributed by atoms with van der Waals surface area (Å²) in [6.07, 6.45) is 1.47. The standard InChI is InChI=1S/C22H26N2O5S/c1-15-14-19-6-4-5-7-20(19)24(15)21(25)16(2)29-22(26)18-10-8-17(9-11-18)12-13-23-30(3,27)28/h4-11,15-16,23H,12-14H2,1-3H3/t15-,16-/m0/s1. The first kappa shape index (κ1) is 22.0. The van der Waals surface area contributed by atoms with E-state index >= 15 is 0 Å². The number of carbonyl (C=O) groups excluding carboxylic acids is 2. The Morgan fingerprint density at radius 3 is 2.50 bits per heavy atom. The second-order valence-corrected chi connectivity index (χ2v) is 9.38. The highest BCUT2D eigenvalue weighted by atomic mass is 32.2. The molecule has 160 valence electrons. The van der Waals surface area contributed by atoms with Crippen molar-refractivity contribution in [2.45, 2.75) is 38.8 Å². The summed E-state index contributed by atoms with van der Waals surface area (Å²) in [5, 5.41) is 0. The van der Waals surface area contributed by atoms with Crippen molar-refractivity contribution in [1.82, 2.24) is 4.72 Å². The van der Waals surface area contributed by atoms with Gasteiger partial charge in [-0.3, -0.25) is 4.79 Å². The molecule has 30 heavy (non-hydrogen) atoms. The number of hydrogen-bond acceptors (Lipinski definition) is 5. The van der Waals surface area contributed by atoms with E-state index in [1.54, 1.807) is 36.1 Å². The van der Waals surface area contributed by atoms with Crippen molar-refractivity contribution in [1.29, 1.82) is 0 Å². The molecule has 0 saturated carbocycles. The molecule has 1 heterocycles. The molecule has 0 aliphatic carbocycles. The monoisotopic (exact) mass is 430 g/mol. The number of nitrogens with one attached hydrogen (secondary N) is 1. The van der Waals surface area contributed by atoms with Crippen LogP contribution < -0.4 is 9.62 Å². The van der Waals surface area contributed by atoms with Crippen LogP contribution in [0.2, 0.25) is 0 Å². The molecule has 8 heteroatoms. The number of nitrogens with zero attached hydrogens (tertiary/aromatic N) is 1. The molecule has 3 rings (SSSR count). The van der Waals surface area contributed by atoms with Gasteiger partial charge in [-0.15, -0.1) is 0 Å². The van der Waals surface area contributed by atoms with Crippen LogP contribution in [0.15, 0.2) is 48.5 Å². The molecule has 2 atom stereocenters. The molecule has 0 spiro atoms. The number of carbonyl (C=O) groups is 2. The van der Waals surface area contributed by atoms with Crippen molar-refractivity contribution in [3.05, 3.63) is 65.2 Å². The Labute approximate surface area is 177 Å². The van der Waals surface area contributed by atoms with E-state index in [1.807, 2.05) is 31.2 Å². The van der Waals surface area contributed by atoms with Crippen LogP contribution >= 0.6 is 0 Å². The van der Waals surface area contributed by atoms with Crippen LogP contribution in [0, 0.1) is 0 Å². The molecule has 1 amide bonds. The van der Waals surface area contributed by atoms with E-state index in [4.69, 9.17) is 4.74 Å². The minimum Gasteiger partial charge on any atom is -0.449 e. The normalized spacial score (nSPS) is 16.8.